The first-order chi connectivity index (χ1) is 12.5. The molecule has 1 unspecified atom stereocenters. The van der Waals surface area contributed by atoms with Crippen molar-refractivity contribution in [2.75, 3.05) is 31.1 Å². The Hall–Kier alpha value is -2.17. The molecule has 0 bridgehead atoms. The molecule has 0 N–H and O–H groups in total. The van der Waals surface area contributed by atoms with Gasteiger partial charge in [-0.25, -0.2) is 9.37 Å². The zero-order chi connectivity index (χ0) is 18.3. The van der Waals surface area contributed by atoms with Crippen molar-refractivity contribution in [1.82, 2.24) is 9.88 Å². The first kappa shape index (κ1) is 17.3. The number of benzene rings is 1. The van der Waals surface area contributed by atoms with Crippen LogP contribution in [0.5, 0.6) is 0 Å². The average Bonchev–Trinajstić information content (AvgIpc) is 2.63. The molecule has 4 rings (SSSR count). The molecule has 1 spiro atoms. The highest BCUT2D eigenvalue weighted by molar-refractivity contribution is 5.84. The summed E-state index contributed by atoms with van der Waals surface area (Å²) in [7, 11) is 0. The Morgan fingerprint density at radius 2 is 2.08 bits per heavy atom. The van der Waals surface area contributed by atoms with Crippen molar-refractivity contribution in [2.45, 2.75) is 39.5 Å². The van der Waals surface area contributed by atoms with Gasteiger partial charge in [-0.1, -0.05) is 0 Å². The minimum absolute atomic E-state index is 0.161. The summed E-state index contributed by atoms with van der Waals surface area (Å²) in [5.74, 6) is 0.964. The van der Waals surface area contributed by atoms with E-state index in [0.29, 0.717) is 11.9 Å². The second-order valence-corrected chi connectivity index (χ2v) is 7.89. The summed E-state index contributed by atoms with van der Waals surface area (Å²) in [4.78, 5) is 21.2. The summed E-state index contributed by atoms with van der Waals surface area (Å²) < 4.78 is 13.7. The summed E-state index contributed by atoms with van der Waals surface area (Å²) >= 11 is 0. The molecule has 26 heavy (non-hydrogen) atoms. The fourth-order valence-electron chi connectivity index (χ4n) is 4.65. The molecule has 1 aromatic carbocycles. The maximum absolute atomic E-state index is 13.7. The largest absolute Gasteiger partial charge is 0.356 e. The van der Waals surface area contributed by atoms with Gasteiger partial charge in [0.15, 0.2) is 0 Å². The highest BCUT2D eigenvalue weighted by Crippen LogP contribution is 2.40. The lowest BCUT2D eigenvalue weighted by Crippen LogP contribution is -2.54. The number of carbonyl (C=O) groups is 1. The number of aryl methyl sites for hydroxylation is 1. The maximum Gasteiger partial charge on any atom is 0.222 e. The zero-order valence-electron chi connectivity index (χ0n) is 15.6. The normalized spacial score (nSPS) is 23.9. The van der Waals surface area contributed by atoms with Gasteiger partial charge in [0.1, 0.15) is 11.6 Å². The second kappa shape index (κ2) is 6.53. The topological polar surface area (TPSA) is 36.4 Å². The number of hydrogen-bond donors (Lipinski definition) is 0. The smallest absolute Gasteiger partial charge is 0.222 e. The monoisotopic (exact) mass is 355 g/mol. The number of hydrogen-bond acceptors (Lipinski definition) is 3. The molecule has 0 saturated carbocycles. The lowest BCUT2D eigenvalue weighted by atomic mass is 9.73. The van der Waals surface area contributed by atoms with E-state index >= 15 is 0 Å². The van der Waals surface area contributed by atoms with E-state index in [1.165, 1.54) is 12.1 Å². The Morgan fingerprint density at radius 3 is 2.88 bits per heavy atom. The van der Waals surface area contributed by atoms with E-state index in [4.69, 9.17) is 4.98 Å². The predicted octanol–water partition coefficient (Wildman–Crippen LogP) is 3.91. The third-order valence-electron chi connectivity index (χ3n) is 6.08. The quantitative estimate of drug-likeness (QED) is 0.819. The van der Waals surface area contributed by atoms with Crippen LogP contribution in [0.2, 0.25) is 0 Å². The van der Waals surface area contributed by atoms with Gasteiger partial charge in [-0.05, 0) is 56.9 Å². The highest BCUT2D eigenvalue weighted by atomic mass is 19.1. The van der Waals surface area contributed by atoms with Crippen LogP contribution >= 0.6 is 0 Å². The fraction of sp³-hybridized carbons (Fsp3) is 0.524. The van der Waals surface area contributed by atoms with Crippen LogP contribution in [0.25, 0.3) is 10.9 Å². The van der Waals surface area contributed by atoms with Gasteiger partial charge in [0.05, 0.1) is 5.52 Å². The van der Waals surface area contributed by atoms with E-state index in [2.05, 4.69) is 24.8 Å². The molecule has 2 aromatic rings. The number of pyridine rings is 1. The van der Waals surface area contributed by atoms with Crippen LogP contribution in [0.15, 0.2) is 24.3 Å². The Bertz CT molecular complexity index is 853. The third-order valence-corrected chi connectivity index (χ3v) is 6.08. The number of aromatic nitrogens is 1. The highest BCUT2D eigenvalue weighted by Gasteiger charge is 2.41. The van der Waals surface area contributed by atoms with Crippen molar-refractivity contribution in [3.05, 3.63) is 35.6 Å². The molecule has 5 heteroatoms. The number of carbonyl (C=O) groups excluding carboxylic acids is 1. The van der Waals surface area contributed by atoms with Gasteiger partial charge in [-0.15, -0.1) is 0 Å². The molecular weight excluding hydrogens is 329 g/mol. The van der Waals surface area contributed by atoms with Crippen molar-refractivity contribution in [3.8, 4) is 0 Å². The standard InChI is InChI=1S/C21H26FN3O/c1-3-24-13-21(9-7-20(24)26)8-4-10-25(14-21)19-11-15(2)17-6-5-16(22)12-18(17)23-19/h5-6,11-12H,3-4,7-10,13-14H2,1-2H3. The Kier molecular flexibility index (Phi) is 4.33. The van der Waals surface area contributed by atoms with Crippen LogP contribution < -0.4 is 4.90 Å². The lowest BCUT2D eigenvalue weighted by molar-refractivity contribution is -0.137. The van der Waals surface area contributed by atoms with Gasteiger partial charge in [0, 0.05) is 49.5 Å². The van der Waals surface area contributed by atoms with Crippen molar-refractivity contribution < 1.29 is 9.18 Å². The number of halogens is 1. The number of amides is 1. The summed E-state index contributed by atoms with van der Waals surface area (Å²) in [6.07, 6.45) is 3.87. The number of rotatable bonds is 2. The molecule has 2 aliphatic rings. The molecule has 3 heterocycles. The molecule has 2 fully saturated rings. The summed E-state index contributed by atoms with van der Waals surface area (Å²) in [5, 5.41) is 1.00. The van der Waals surface area contributed by atoms with Crippen molar-refractivity contribution in [2.24, 2.45) is 5.41 Å². The molecule has 0 radical (unpaired) electrons. The lowest BCUT2D eigenvalue weighted by Gasteiger charge is -2.48. The summed E-state index contributed by atoms with van der Waals surface area (Å²) in [5.41, 5.74) is 2.00. The molecule has 1 atom stereocenters. The maximum atomic E-state index is 13.7. The van der Waals surface area contributed by atoms with Crippen LogP contribution in [0.4, 0.5) is 10.2 Å². The average molecular weight is 355 g/mol. The van der Waals surface area contributed by atoms with Gasteiger partial charge < -0.3 is 9.80 Å². The first-order valence-electron chi connectivity index (χ1n) is 9.59. The van der Waals surface area contributed by atoms with Gasteiger partial charge in [0.2, 0.25) is 5.91 Å². The Labute approximate surface area is 154 Å². The minimum Gasteiger partial charge on any atom is -0.356 e. The van der Waals surface area contributed by atoms with Crippen molar-refractivity contribution in [3.63, 3.8) is 0 Å². The van der Waals surface area contributed by atoms with Gasteiger partial charge in [0.25, 0.3) is 0 Å². The zero-order valence-corrected chi connectivity index (χ0v) is 15.6. The van der Waals surface area contributed by atoms with Crippen LogP contribution in [0.1, 0.15) is 38.2 Å². The predicted molar refractivity (Wildman–Crippen MR) is 102 cm³/mol. The Balaban J connectivity index is 1.64. The van der Waals surface area contributed by atoms with Crippen LogP contribution in [-0.2, 0) is 4.79 Å². The number of anilines is 1. The summed E-state index contributed by atoms with van der Waals surface area (Å²) in [6, 6.07) is 6.93. The SMILES string of the molecule is CCN1CC2(CCCN(c3cc(C)c4ccc(F)cc4n3)C2)CCC1=O. The van der Waals surface area contributed by atoms with E-state index in [-0.39, 0.29) is 17.1 Å². The molecule has 2 aliphatic heterocycles. The molecule has 2 saturated heterocycles. The van der Waals surface area contributed by atoms with E-state index in [1.807, 2.05) is 4.90 Å². The summed E-state index contributed by atoms with van der Waals surface area (Å²) in [6.45, 7) is 7.63. The van der Waals surface area contributed by atoms with E-state index < -0.39 is 0 Å². The van der Waals surface area contributed by atoms with Crippen LogP contribution in [-0.4, -0.2) is 42.0 Å². The second-order valence-electron chi connectivity index (χ2n) is 7.89. The van der Waals surface area contributed by atoms with Crippen LogP contribution in [0, 0.1) is 18.2 Å². The molecule has 4 nitrogen and oxygen atoms in total. The van der Waals surface area contributed by atoms with Crippen molar-refractivity contribution in [1.29, 1.82) is 0 Å². The van der Waals surface area contributed by atoms with Gasteiger partial charge in [-0.3, -0.25) is 4.79 Å². The number of likely N-dealkylation sites (tertiary alicyclic amines) is 1. The molecule has 1 aromatic heterocycles. The number of fused-ring (bicyclic) bond motifs is 1. The fourth-order valence-corrected chi connectivity index (χ4v) is 4.65. The first-order valence-corrected chi connectivity index (χ1v) is 9.59. The molecular formula is C21H26FN3O. The molecule has 1 amide bonds. The van der Waals surface area contributed by atoms with E-state index in [0.717, 1.165) is 62.2 Å². The minimum atomic E-state index is -0.249. The molecule has 0 aliphatic carbocycles. The van der Waals surface area contributed by atoms with E-state index in [9.17, 15) is 9.18 Å². The number of nitrogens with zero attached hydrogens (tertiary/aromatic N) is 3. The van der Waals surface area contributed by atoms with Crippen LogP contribution in [0.3, 0.4) is 0 Å². The Morgan fingerprint density at radius 1 is 1.23 bits per heavy atom. The van der Waals surface area contributed by atoms with E-state index in [1.54, 1.807) is 6.07 Å². The van der Waals surface area contributed by atoms with Crippen molar-refractivity contribution >= 4 is 22.6 Å². The van der Waals surface area contributed by atoms with Gasteiger partial charge in [-0.2, -0.15) is 0 Å². The molecule has 138 valence electrons. The van der Waals surface area contributed by atoms with Gasteiger partial charge >= 0.3 is 0 Å². The third kappa shape index (κ3) is 3.04. The number of piperidine rings is 2.